The molecule has 0 fully saturated rings. The second-order valence-corrected chi connectivity index (χ2v) is 6.65. The van der Waals surface area contributed by atoms with Crippen molar-refractivity contribution >= 4 is 28.4 Å². The Hall–Kier alpha value is -3.00. The number of Topliss-reactive ketones (excluding diaryl/α,β-unsaturated/α-hetero) is 1. The largest absolute Gasteiger partial charge is 0.385 e. The predicted molar refractivity (Wildman–Crippen MR) is 102 cm³/mol. The Bertz CT molecular complexity index is 1020. The zero-order chi connectivity index (χ0) is 19.7. The van der Waals surface area contributed by atoms with Gasteiger partial charge in [-0.05, 0) is 45.9 Å². The average Bonchev–Trinajstić information content (AvgIpc) is 3.13. The number of aryl methyl sites for hydroxylation is 2. The van der Waals surface area contributed by atoms with Crippen LogP contribution < -0.4 is 5.32 Å². The number of aromatic nitrogens is 4. The number of carbonyl (C=O) groups is 2. The number of benzene rings is 1. The molecule has 1 unspecified atom stereocenters. The highest BCUT2D eigenvalue weighted by Gasteiger charge is 2.16. The van der Waals surface area contributed by atoms with Gasteiger partial charge in [-0.25, -0.2) is 4.98 Å². The van der Waals surface area contributed by atoms with Crippen molar-refractivity contribution in [2.45, 2.75) is 46.8 Å². The molecule has 0 aliphatic carbocycles. The molecule has 2 aromatic heterocycles. The van der Waals surface area contributed by atoms with Gasteiger partial charge in [-0.2, -0.15) is 5.10 Å². The number of fused-ring (bicyclic) bond motifs is 1. The van der Waals surface area contributed by atoms with E-state index in [9.17, 15) is 14.7 Å². The highest BCUT2D eigenvalue weighted by atomic mass is 16.3. The number of amides is 1. The van der Waals surface area contributed by atoms with Crippen LogP contribution >= 0.6 is 0 Å². The normalized spacial score (nSPS) is 12.3. The third-order valence-electron chi connectivity index (χ3n) is 4.46. The highest BCUT2D eigenvalue weighted by molar-refractivity contribution is 5.96. The van der Waals surface area contributed by atoms with E-state index in [4.69, 9.17) is 0 Å². The molecule has 0 bridgehead atoms. The van der Waals surface area contributed by atoms with Gasteiger partial charge in [0.15, 0.2) is 5.78 Å². The number of H-pyrrole nitrogens is 1. The van der Waals surface area contributed by atoms with Gasteiger partial charge in [0.1, 0.15) is 11.9 Å². The van der Waals surface area contributed by atoms with Gasteiger partial charge in [-0.3, -0.25) is 14.3 Å². The van der Waals surface area contributed by atoms with Gasteiger partial charge in [0, 0.05) is 24.3 Å². The van der Waals surface area contributed by atoms with Crippen LogP contribution in [-0.2, 0) is 11.3 Å². The standard InChI is InChI=1S/C19H23N5O3/c1-10-18(12(3)25)11(2)24(23-10)8-7-17(27)20-14-5-6-15-16(9-14)22-19(21-15)13(4)26/h5-6,9,13,26H,7-8H2,1-4H3,(H,20,27)(H,21,22). The van der Waals surface area contributed by atoms with Crippen LogP contribution in [0.5, 0.6) is 0 Å². The molecule has 0 aliphatic rings. The Morgan fingerprint density at radius 2 is 2.07 bits per heavy atom. The minimum absolute atomic E-state index is 0.0230. The van der Waals surface area contributed by atoms with E-state index in [1.165, 1.54) is 6.92 Å². The molecule has 3 N–H and O–H groups in total. The lowest BCUT2D eigenvalue weighted by Gasteiger charge is -2.07. The summed E-state index contributed by atoms with van der Waals surface area (Å²) in [5.41, 5.74) is 4.19. The molecule has 0 aliphatic heterocycles. The van der Waals surface area contributed by atoms with Crippen LogP contribution in [0.2, 0.25) is 0 Å². The lowest BCUT2D eigenvalue weighted by Crippen LogP contribution is -2.15. The second-order valence-electron chi connectivity index (χ2n) is 6.65. The number of imidazole rings is 1. The van der Waals surface area contributed by atoms with Crippen molar-refractivity contribution in [2.75, 3.05) is 5.32 Å². The first kappa shape index (κ1) is 18.8. The molecule has 1 amide bonds. The molecular weight excluding hydrogens is 346 g/mol. The van der Waals surface area contributed by atoms with E-state index in [-0.39, 0.29) is 18.1 Å². The summed E-state index contributed by atoms with van der Waals surface area (Å²) >= 11 is 0. The maximum absolute atomic E-state index is 12.3. The summed E-state index contributed by atoms with van der Waals surface area (Å²) in [6.45, 7) is 7.17. The van der Waals surface area contributed by atoms with Gasteiger partial charge >= 0.3 is 0 Å². The van der Waals surface area contributed by atoms with Gasteiger partial charge < -0.3 is 15.4 Å². The van der Waals surface area contributed by atoms with Crippen LogP contribution in [-0.4, -0.2) is 36.5 Å². The monoisotopic (exact) mass is 369 g/mol. The molecule has 3 aromatic rings. The summed E-state index contributed by atoms with van der Waals surface area (Å²) in [4.78, 5) is 31.3. The number of hydrogen-bond donors (Lipinski definition) is 3. The zero-order valence-electron chi connectivity index (χ0n) is 15.8. The van der Waals surface area contributed by atoms with Crippen LogP contribution in [0.1, 0.15) is 53.9 Å². The predicted octanol–water partition coefficient (Wildman–Crippen LogP) is 2.66. The molecule has 2 heterocycles. The van der Waals surface area contributed by atoms with Crippen molar-refractivity contribution < 1.29 is 14.7 Å². The summed E-state index contributed by atoms with van der Waals surface area (Å²) in [7, 11) is 0. The van der Waals surface area contributed by atoms with Crippen LogP contribution in [0.4, 0.5) is 5.69 Å². The maximum Gasteiger partial charge on any atom is 0.226 e. The molecule has 3 rings (SSSR count). The summed E-state index contributed by atoms with van der Waals surface area (Å²) < 4.78 is 1.69. The number of ketones is 1. The van der Waals surface area contributed by atoms with E-state index >= 15 is 0 Å². The van der Waals surface area contributed by atoms with E-state index in [2.05, 4.69) is 20.4 Å². The Kier molecular flexibility index (Phi) is 5.09. The van der Waals surface area contributed by atoms with E-state index < -0.39 is 6.10 Å². The minimum Gasteiger partial charge on any atom is -0.385 e. The number of rotatable bonds is 6. The average molecular weight is 369 g/mol. The maximum atomic E-state index is 12.3. The van der Waals surface area contributed by atoms with Crippen molar-refractivity contribution in [3.8, 4) is 0 Å². The third-order valence-corrected chi connectivity index (χ3v) is 4.46. The molecular formula is C19H23N5O3. The highest BCUT2D eigenvalue weighted by Crippen LogP contribution is 2.20. The summed E-state index contributed by atoms with van der Waals surface area (Å²) in [5.74, 6) is 0.311. The number of aromatic amines is 1. The smallest absolute Gasteiger partial charge is 0.226 e. The van der Waals surface area contributed by atoms with E-state index in [1.807, 2.05) is 6.92 Å². The van der Waals surface area contributed by atoms with Crippen LogP contribution in [0, 0.1) is 13.8 Å². The molecule has 142 valence electrons. The van der Waals surface area contributed by atoms with E-state index in [1.54, 1.807) is 36.7 Å². The number of aliphatic hydroxyl groups is 1. The van der Waals surface area contributed by atoms with Crippen molar-refractivity contribution in [3.05, 3.63) is 41.0 Å². The Morgan fingerprint density at radius 3 is 2.70 bits per heavy atom. The third kappa shape index (κ3) is 3.90. The number of nitrogens with one attached hydrogen (secondary N) is 2. The molecule has 8 heteroatoms. The van der Waals surface area contributed by atoms with Crippen molar-refractivity contribution in [1.29, 1.82) is 0 Å². The fourth-order valence-corrected chi connectivity index (χ4v) is 3.16. The summed E-state index contributed by atoms with van der Waals surface area (Å²) in [6.07, 6.45) is -0.449. The molecule has 1 aromatic carbocycles. The fraction of sp³-hybridized carbons (Fsp3) is 0.368. The molecule has 27 heavy (non-hydrogen) atoms. The first-order chi connectivity index (χ1) is 12.8. The van der Waals surface area contributed by atoms with Gasteiger partial charge in [0.2, 0.25) is 5.91 Å². The van der Waals surface area contributed by atoms with Gasteiger partial charge in [-0.1, -0.05) is 0 Å². The Balaban J connectivity index is 1.67. The molecule has 0 saturated heterocycles. The topological polar surface area (TPSA) is 113 Å². The minimum atomic E-state index is -0.684. The van der Waals surface area contributed by atoms with E-state index in [0.29, 0.717) is 29.3 Å². The quantitative estimate of drug-likeness (QED) is 0.578. The number of carbonyl (C=O) groups excluding carboxylic acids is 2. The van der Waals surface area contributed by atoms with Crippen molar-refractivity contribution in [3.63, 3.8) is 0 Å². The molecule has 0 radical (unpaired) electrons. The number of nitrogens with zero attached hydrogens (tertiary/aromatic N) is 3. The van der Waals surface area contributed by atoms with E-state index in [0.717, 1.165) is 16.7 Å². The Morgan fingerprint density at radius 1 is 1.33 bits per heavy atom. The van der Waals surface area contributed by atoms with Crippen LogP contribution in [0.15, 0.2) is 18.2 Å². The number of anilines is 1. The lowest BCUT2D eigenvalue weighted by molar-refractivity contribution is -0.116. The SMILES string of the molecule is CC(=O)c1c(C)nn(CCC(=O)Nc2ccc3nc(C(C)O)[nH]c3c2)c1C. The molecule has 0 spiro atoms. The van der Waals surface area contributed by atoms with Crippen LogP contribution in [0.3, 0.4) is 0 Å². The number of aliphatic hydroxyl groups excluding tert-OH is 1. The number of hydrogen-bond acceptors (Lipinski definition) is 5. The van der Waals surface area contributed by atoms with Gasteiger partial charge in [0.25, 0.3) is 0 Å². The fourth-order valence-electron chi connectivity index (χ4n) is 3.16. The lowest BCUT2D eigenvalue weighted by atomic mass is 10.1. The van der Waals surface area contributed by atoms with Gasteiger partial charge in [0.05, 0.1) is 22.3 Å². The Labute approximate surface area is 156 Å². The first-order valence-electron chi connectivity index (χ1n) is 8.78. The van der Waals surface area contributed by atoms with Crippen LogP contribution in [0.25, 0.3) is 11.0 Å². The summed E-state index contributed by atoms with van der Waals surface area (Å²) in [5, 5.41) is 16.8. The zero-order valence-corrected chi connectivity index (χ0v) is 15.8. The van der Waals surface area contributed by atoms with Gasteiger partial charge in [-0.15, -0.1) is 0 Å². The molecule has 0 saturated carbocycles. The van der Waals surface area contributed by atoms with Crippen molar-refractivity contribution in [1.82, 2.24) is 19.7 Å². The van der Waals surface area contributed by atoms with Crippen molar-refractivity contribution in [2.24, 2.45) is 0 Å². The molecule has 1 atom stereocenters. The summed E-state index contributed by atoms with van der Waals surface area (Å²) in [6, 6.07) is 5.33. The first-order valence-corrected chi connectivity index (χ1v) is 8.78. The molecule has 8 nitrogen and oxygen atoms in total. The second kappa shape index (κ2) is 7.32.